The molecule has 518 valence electrons. The molecule has 0 aromatic rings. The van der Waals surface area contributed by atoms with E-state index < -0.39 is 0 Å². The Hall–Kier alpha value is -0.240. The molecule has 0 rings (SSSR count). The molecular formula is C80H168N6. The average Bonchev–Trinajstić information content (AvgIpc) is 3.63. The molecule has 0 radical (unpaired) electrons. The highest BCUT2D eigenvalue weighted by atomic mass is 16.2. The molecule has 0 bridgehead atoms. The van der Waals surface area contributed by atoms with E-state index in [4.69, 9.17) is 0 Å². The summed E-state index contributed by atoms with van der Waals surface area (Å²) in [6, 6.07) is 0. The second-order valence-electron chi connectivity index (χ2n) is 28.2. The van der Waals surface area contributed by atoms with Crippen LogP contribution in [0.5, 0.6) is 0 Å². The molecule has 0 saturated heterocycles. The predicted octanol–water partition coefficient (Wildman–Crippen LogP) is 27.5. The maximum atomic E-state index is 3.05. The van der Waals surface area contributed by atoms with Crippen molar-refractivity contribution < 1.29 is 0 Å². The lowest BCUT2D eigenvalue weighted by Gasteiger charge is -2.54. The molecule has 0 atom stereocenters. The molecule has 0 aromatic carbocycles. The van der Waals surface area contributed by atoms with E-state index >= 15 is 0 Å². The minimum atomic E-state index is 1.19. The van der Waals surface area contributed by atoms with E-state index in [0.717, 1.165) is 0 Å². The van der Waals surface area contributed by atoms with E-state index in [9.17, 15) is 0 Å². The molecule has 0 amide bonds. The number of nitrogens with zero attached hydrogens (tertiary/aromatic N) is 6. The molecule has 0 fully saturated rings. The lowest BCUT2D eigenvalue weighted by Crippen LogP contribution is -2.71. The Morgan fingerprint density at radius 1 is 0.105 bits per heavy atom. The van der Waals surface area contributed by atoms with Crippen LogP contribution in [0.4, 0.5) is 0 Å². The van der Waals surface area contributed by atoms with Crippen LogP contribution in [0.25, 0.3) is 0 Å². The lowest BCUT2D eigenvalue weighted by molar-refractivity contribution is -0.438. The van der Waals surface area contributed by atoms with E-state index in [0.29, 0.717) is 0 Å². The molecule has 0 N–H and O–H groups in total. The van der Waals surface area contributed by atoms with Gasteiger partial charge in [0.05, 0.1) is 0 Å². The van der Waals surface area contributed by atoms with Gasteiger partial charge in [-0.25, -0.2) is 20.0 Å². The molecule has 6 nitrogen and oxygen atoms in total. The standard InChI is InChI=1S/C80H168N6/c1-9-17-25-33-41-49-57-65-73-81(74-66-58-50-42-34-26-18-10-2)85(82(75-67-59-51-43-35-27-19-11-3)76-68-60-52-44-36-28-20-12-4)86(83(77-69-61-53-45-37-29-21-13-5)78-70-62-54-46-38-30-22-14-6)84(79-71-63-55-47-39-31-23-15-7)80-72-64-56-48-40-32-24-16-8/h9-80H2,1-8H3. The zero-order valence-corrected chi connectivity index (χ0v) is 61.6. The molecule has 0 aliphatic heterocycles. The van der Waals surface area contributed by atoms with Gasteiger partial charge < -0.3 is 0 Å². The van der Waals surface area contributed by atoms with Gasteiger partial charge in [0.2, 0.25) is 0 Å². The fourth-order valence-corrected chi connectivity index (χ4v) is 13.4. The summed E-state index contributed by atoms with van der Waals surface area (Å²) in [6.07, 6.45) is 89.2. The maximum absolute atomic E-state index is 3.05. The first-order valence-electron chi connectivity index (χ1n) is 41.2. The van der Waals surface area contributed by atoms with Crippen LogP contribution in [0, 0.1) is 0 Å². The van der Waals surface area contributed by atoms with Gasteiger partial charge in [0, 0.05) is 52.4 Å². The molecule has 0 unspecified atom stereocenters. The summed E-state index contributed by atoms with van der Waals surface area (Å²) in [6.45, 7) is 28.6. The number of unbranched alkanes of at least 4 members (excludes halogenated alkanes) is 56. The first-order valence-corrected chi connectivity index (χ1v) is 41.2. The molecule has 0 saturated carbocycles. The maximum Gasteiger partial charge on any atom is 0.0161 e. The molecule has 0 aromatic heterocycles. The highest BCUT2D eigenvalue weighted by Gasteiger charge is 2.36. The Balaban J connectivity index is 8.12. The van der Waals surface area contributed by atoms with Crippen molar-refractivity contribution in [2.75, 3.05) is 52.4 Å². The van der Waals surface area contributed by atoms with Crippen LogP contribution in [-0.2, 0) is 0 Å². The number of hydrogen-bond acceptors (Lipinski definition) is 6. The van der Waals surface area contributed by atoms with Crippen LogP contribution in [-0.4, -0.2) is 82.8 Å². The van der Waals surface area contributed by atoms with Gasteiger partial charge in [-0.15, -0.1) is 0 Å². The van der Waals surface area contributed by atoms with E-state index in [2.05, 4.69) is 85.9 Å². The van der Waals surface area contributed by atoms with Crippen LogP contribution < -0.4 is 0 Å². The number of rotatable bonds is 77. The monoisotopic (exact) mass is 1210 g/mol. The highest BCUT2D eigenvalue weighted by molar-refractivity contribution is 4.68. The van der Waals surface area contributed by atoms with Crippen molar-refractivity contribution in [2.24, 2.45) is 0 Å². The lowest BCUT2D eigenvalue weighted by atomic mass is 10.1. The number of hydrogen-bond donors (Lipinski definition) is 0. The SMILES string of the molecule is CCCCCCCCCCN(CCCCCCCCCC)N(N(CCCCCCCCCC)CCCCCCCCCC)N(N(CCCCCCCCCC)CCCCCCCCCC)N(CCCCCCCCCC)CCCCCCCCCC. The van der Waals surface area contributed by atoms with Gasteiger partial charge in [0.25, 0.3) is 0 Å². The fraction of sp³-hybridized carbons (Fsp3) is 1.00. The summed E-state index contributed by atoms with van der Waals surface area (Å²) in [5.41, 5.74) is 0. The van der Waals surface area contributed by atoms with E-state index in [1.54, 1.807) is 0 Å². The third-order valence-electron chi connectivity index (χ3n) is 19.3. The smallest absolute Gasteiger partial charge is 0.0161 e. The van der Waals surface area contributed by atoms with Crippen LogP contribution in [0.2, 0.25) is 0 Å². The van der Waals surface area contributed by atoms with E-state index in [-0.39, 0.29) is 0 Å². The average molecular weight is 1210 g/mol. The topological polar surface area (TPSA) is 19.4 Å². The van der Waals surface area contributed by atoms with Crippen molar-refractivity contribution in [3.8, 4) is 0 Å². The van der Waals surface area contributed by atoms with E-state index in [1.165, 1.54) is 463 Å². The molecule has 0 aliphatic rings. The van der Waals surface area contributed by atoms with Crippen molar-refractivity contribution in [1.29, 1.82) is 0 Å². The second-order valence-corrected chi connectivity index (χ2v) is 28.2. The third-order valence-corrected chi connectivity index (χ3v) is 19.3. The Kier molecular flexibility index (Phi) is 73.6. The van der Waals surface area contributed by atoms with Crippen molar-refractivity contribution >= 4 is 0 Å². The Morgan fingerprint density at radius 2 is 0.186 bits per heavy atom. The van der Waals surface area contributed by atoms with Crippen LogP contribution in [0.3, 0.4) is 0 Å². The second kappa shape index (κ2) is 73.8. The predicted molar refractivity (Wildman–Crippen MR) is 391 cm³/mol. The highest BCUT2D eigenvalue weighted by Crippen LogP contribution is 2.26. The van der Waals surface area contributed by atoms with Crippen molar-refractivity contribution in [3.05, 3.63) is 0 Å². The third kappa shape index (κ3) is 57.6. The first kappa shape index (κ1) is 85.8. The van der Waals surface area contributed by atoms with Gasteiger partial charge in [-0.1, -0.05) is 425 Å². The summed E-state index contributed by atoms with van der Waals surface area (Å²) in [7, 11) is 0. The van der Waals surface area contributed by atoms with E-state index in [1.807, 2.05) is 0 Å². The molecule has 0 heterocycles. The normalized spacial score (nSPS) is 12.2. The Bertz CT molecular complexity index is 942. The van der Waals surface area contributed by atoms with Gasteiger partial charge in [-0.2, -0.15) is 0 Å². The molecule has 86 heavy (non-hydrogen) atoms. The summed E-state index contributed by atoms with van der Waals surface area (Å²) < 4.78 is 0. The zero-order valence-electron chi connectivity index (χ0n) is 61.6. The number of hydrazine groups is 5. The van der Waals surface area contributed by atoms with Crippen LogP contribution in [0.15, 0.2) is 0 Å². The van der Waals surface area contributed by atoms with Gasteiger partial charge in [0.15, 0.2) is 0 Å². The summed E-state index contributed by atoms with van der Waals surface area (Å²) in [4.78, 5) is 0. The summed E-state index contributed by atoms with van der Waals surface area (Å²) in [5.74, 6) is 0. The summed E-state index contributed by atoms with van der Waals surface area (Å²) in [5, 5.41) is 18.2. The minimum Gasteiger partial charge on any atom is -0.211 e. The van der Waals surface area contributed by atoms with Gasteiger partial charge >= 0.3 is 0 Å². The molecule has 0 aliphatic carbocycles. The van der Waals surface area contributed by atoms with Gasteiger partial charge in [-0.3, -0.25) is 0 Å². The van der Waals surface area contributed by atoms with Gasteiger partial charge in [0.1, 0.15) is 0 Å². The van der Waals surface area contributed by atoms with Crippen molar-refractivity contribution in [3.63, 3.8) is 0 Å². The largest absolute Gasteiger partial charge is 0.211 e. The minimum absolute atomic E-state index is 1.19. The fourth-order valence-electron chi connectivity index (χ4n) is 13.4. The molecular weight excluding hydrogens is 1040 g/mol. The first-order chi connectivity index (χ1) is 42.6. The summed E-state index contributed by atoms with van der Waals surface area (Å²) >= 11 is 0. The molecule has 0 spiro atoms. The Morgan fingerprint density at radius 3 is 0.279 bits per heavy atom. The van der Waals surface area contributed by atoms with Crippen molar-refractivity contribution in [2.45, 2.75) is 466 Å². The van der Waals surface area contributed by atoms with Gasteiger partial charge in [-0.05, 0) is 51.4 Å². The van der Waals surface area contributed by atoms with Crippen molar-refractivity contribution in [1.82, 2.24) is 30.5 Å². The Labute approximate surface area is 546 Å². The zero-order chi connectivity index (χ0) is 62.4. The van der Waals surface area contributed by atoms with Crippen LogP contribution in [0.1, 0.15) is 466 Å². The quantitative estimate of drug-likeness (QED) is 0.0443. The van der Waals surface area contributed by atoms with Crippen LogP contribution >= 0.6 is 0 Å². The molecule has 6 heteroatoms.